The highest BCUT2D eigenvalue weighted by atomic mass is 35.5. The minimum Gasteiger partial charge on any atom is -0.322 e. The Bertz CT molecular complexity index is 689. The van der Waals surface area contributed by atoms with Crippen molar-refractivity contribution in [3.8, 4) is 0 Å². The number of aromatic nitrogens is 1. The van der Waals surface area contributed by atoms with Gasteiger partial charge in [-0.15, -0.1) is 0 Å². The molecule has 0 amide bonds. The van der Waals surface area contributed by atoms with Crippen molar-refractivity contribution in [2.75, 3.05) is 11.4 Å². The Labute approximate surface area is 138 Å². The third-order valence-electron chi connectivity index (χ3n) is 3.14. The van der Waals surface area contributed by atoms with E-state index in [0.29, 0.717) is 23.2 Å². The van der Waals surface area contributed by atoms with Crippen LogP contribution in [0.1, 0.15) is 18.1 Å². The van der Waals surface area contributed by atoms with E-state index in [9.17, 15) is 13.2 Å². The molecule has 1 aromatic heterocycles. The van der Waals surface area contributed by atoms with Gasteiger partial charge in [0.15, 0.2) is 0 Å². The first-order valence-electron chi connectivity index (χ1n) is 6.90. The van der Waals surface area contributed by atoms with Gasteiger partial charge in [-0.1, -0.05) is 23.8 Å². The molecule has 2 nitrogen and oxygen atoms in total. The van der Waals surface area contributed by atoms with Crippen molar-refractivity contribution in [2.45, 2.75) is 20.0 Å². The predicted molar refractivity (Wildman–Crippen MR) is 87.2 cm³/mol. The lowest BCUT2D eigenvalue weighted by Gasteiger charge is -2.25. The van der Waals surface area contributed by atoms with E-state index in [1.807, 2.05) is 19.9 Å². The van der Waals surface area contributed by atoms with Gasteiger partial charge in [-0.05, 0) is 55.8 Å². The first-order chi connectivity index (χ1) is 10.7. The largest absolute Gasteiger partial charge is 0.416 e. The highest BCUT2D eigenvalue weighted by Crippen LogP contribution is 2.32. The van der Waals surface area contributed by atoms with Crippen LogP contribution in [0.5, 0.6) is 0 Å². The van der Waals surface area contributed by atoms with Crippen LogP contribution >= 0.6 is 11.6 Å². The topological polar surface area (TPSA) is 16.1 Å². The summed E-state index contributed by atoms with van der Waals surface area (Å²) >= 11 is 5.99. The van der Waals surface area contributed by atoms with Gasteiger partial charge in [0.1, 0.15) is 11.0 Å². The lowest BCUT2D eigenvalue weighted by atomic mass is 10.1. The number of nitrogens with zero attached hydrogens (tertiary/aromatic N) is 2. The van der Waals surface area contributed by atoms with Crippen molar-refractivity contribution in [3.63, 3.8) is 0 Å². The molecule has 0 aliphatic rings. The summed E-state index contributed by atoms with van der Waals surface area (Å²) < 4.78 is 38.1. The van der Waals surface area contributed by atoms with E-state index in [2.05, 4.69) is 11.6 Å². The van der Waals surface area contributed by atoms with E-state index in [1.54, 1.807) is 11.0 Å². The molecule has 0 N–H and O–H groups in total. The zero-order valence-corrected chi connectivity index (χ0v) is 13.5. The van der Waals surface area contributed by atoms with Gasteiger partial charge in [0, 0.05) is 12.2 Å². The number of benzene rings is 1. The Morgan fingerprint density at radius 1 is 1.22 bits per heavy atom. The molecule has 0 aliphatic heterocycles. The molecule has 0 radical (unpaired) electrons. The van der Waals surface area contributed by atoms with Crippen LogP contribution in [-0.2, 0) is 6.18 Å². The molecule has 2 rings (SSSR count). The quantitative estimate of drug-likeness (QED) is 0.518. The van der Waals surface area contributed by atoms with E-state index in [4.69, 9.17) is 11.6 Å². The number of alkyl halides is 3. The molecule has 1 heterocycles. The number of halogens is 4. The molecule has 2 aromatic rings. The molecule has 0 unspecified atom stereocenters. The molecule has 0 spiro atoms. The van der Waals surface area contributed by atoms with Gasteiger partial charge in [-0.3, -0.25) is 0 Å². The van der Waals surface area contributed by atoms with Crippen LogP contribution < -0.4 is 4.90 Å². The van der Waals surface area contributed by atoms with Crippen molar-refractivity contribution < 1.29 is 13.2 Å². The number of rotatable bonds is 4. The van der Waals surface area contributed by atoms with Crippen molar-refractivity contribution in [1.29, 1.82) is 0 Å². The average molecular weight is 341 g/mol. The zero-order chi connectivity index (χ0) is 17.2. The van der Waals surface area contributed by atoms with E-state index in [-0.39, 0.29) is 0 Å². The minimum atomic E-state index is -4.36. The van der Waals surface area contributed by atoms with Gasteiger partial charge >= 0.3 is 6.18 Å². The summed E-state index contributed by atoms with van der Waals surface area (Å²) in [6.45, 7) is 8.01. The normalized spacial score (nSPS) is 11.4. The smallest absolute Gasteiger partial charge is 0.322 e. The molecule has 0 atom stereocenters. The first kappa shape index (κ1) is 17.3. The van der Waals surface area contributed by atoms with Crippen molar-refractivity contribution >= 4 is 23.1 Å². The second-order valence-electron chi connectivity index (χ2n) is 5.41. The van der Waals surface area contributed by atoms with E-state index < -0.39 is 11.7 Å². The molecule has 1 aromatic carbocycles. The molecule has 122 valence electrons. The zero-order valence-electron chi connectivity index (χ0n) is 12.8. The Kier molecular flexibility index (Phi) is 5.00. The summed E-state index contributed by atoms with van der Waals surface area (Å²) in [4.78, 5) is 6.04. The molecule has 0 fully saturated rings. The highest BCUT2D eigenvalue weighted by Gasteiger charge is 2.30. The number of anilines is 2. The van der Waals surface area contributed by atoms with Crippen LogP contribution in [0.4, 0.5) is 24.7 Å². The number of hydrogen-bond acceptors (Lipinski definition) is 2. The standard InChI is InChI=1S/C17H16ClF3N2/c1-11(2)10-23(16-9-12(3)8-15(18)22-16)14-6-4-13(5-7-14)17(19,20)21/h4-9H,1,10H2,2-3H3. The van der Waals surface area contributed by atoms with Crippen LogP contribution in [0.3, 0.4) is 0 Å². The van der Waals surface area contributed by atoms with Gasteiger partial charge in [0.25, 0.3) is 0 Å². The van der Waals surface area contributed by atoms with Gasteiger partial charge in [0.05, 0.1) is 5.56 Å². The molecule has 0 aliphatic carbocycles. The summed E-state index contributed by atoms with van der Waals surface area (Å²) in [5.41, 5.74) is 1.67. The summed E-state index contributed by atoms with van der Waals surface area (Å²) in [6, 6.07) is 8.49. The molecular formula is C17H16ClF3N2. The van der Waals surface area contributed by atoms with E-state index in [0.717, 1.165) is 23.3 Å². The summed E-state index contributed by atoms with van der Waals surface area (Å²) in [7, 11) is 0. The van der Waals surface area contributed by atoms with Gasteiger partial charge in [0.2, 0.25) is 0 Å². The van der Waals surface area contributed by atoms with Crippen molar-refractivity contribution in [1.82, 2.24) is 4.98 Å². The summed E-state index contributed by atoms with van der Waals surface area (Å²) in [5.74, 6) is 0.567. The van der Waals surface area contributed by atoms with Crippen LogP contribution in [0, 0.1) is 6.92 Å². The molecule has 0 saturated heterocycles. The monoisotopic (exact) mass is 340 g/mol. The van der Waals surface area contributed by atoms with Crippen molar-refractivity contribution in [2.24, 2.45) is 0 Å². The molecule has 6 heteroatoms. The maximum absolute atomic E-state index is 12.7. The summed E-state index contributed by atoms with van der Waals surface area (Å²) in [5, 5.41) is 0.332. The maximum Gasteiger partial charge on any atom is 0.416 e. The lowest BCUT2D eigenvalue weighted by molar-refractivity contribution is -0.137. The Morgan fingerprint density at radius 3 is 2.30 bits per heavy atom. The highest BCUT2D eigenvalue weighted by molar-refractivity contribution is 6.29. The fourth-order valence-corrected chi connectivity index (χ4v) is 2.41. The Morgan fingerprint density at radius 2 is 1.83 bits per heavy atom. The first-order valence-corrected chi connectivity index (χ1v) is 7.28. The summed E-state index contributed by atoms with van der Waals surface area (Å²) in [6.07, 6.45) is -4.36. The Hall–Kier alpha value is -2.01. The van der Waals surface area contributed by atoms with E-state index in [1.165, 1.54) is 12.1 Å². The van der Waals surface area contributed by atoms with Gasteiger partial charge < -0.3 is 4.90 Å². The van der Waals surface area contributed by atoms with Crippen molar-refractivity contribution in [3.05, 3.63) is 64.8 Å². The van der Waals surface area contributed by atoms with Crippen LogP contribution in [0.25, 0.3) is 0 Å². The Balaban J connectivity index is 2.44. The molecular weight excluding hydrogens is 325 g/mol. The molecule has 23 heavy (non-hydrogen) atoms. The van der Waals surface area contributed by atoms with Crippen LogP contribution in [-0.4, -0.2) is 11.5 Å². The third-order valence-corrected chi connectivity index (χ3v) is 3.33. The fourth-order valence-electron chi connectivity index (χ4n) is 2.15. The molecule has 0 saturated carbocycles. The fraction of sp³-hybridized carbons (Fsp3) is 0.235. The molecule has 0 bridgehead atoms. The SMILES string of the molecule is C=C(C)CN(c1ccc(C(F)(F)F)cc1)c1cc(C)cc(Cl)n1. The number of aryl methyl sites for hydroxylation is 1. The van der Waals surface area contributed by atoms with Crippen LogP contribution in [0.15, 0.2) is 48.6 Å². The average Bonchev–Trinajstić information content (AvgIpc) is 2.42. The predicted octanol–water partition coefficient (Wildman–Crippen LogP) is 5.78. The second kappa shape index (κ2) is 6.62. The van der Waals surface area contributed by atoms with Gasteiger partial charge in [-0.2, -0.15) is 13.2 Å². The van der Waals surface area contributed by atoms with Gasteiger partial charge in [-0.25, -0.2) is 4.98 Å². The van der Waals surface area contributed by atoms with Crippen LogP contribution in [0.2, 0.25) is 5.15 Å². The maximum atomic E-state index is 12.7. The number of hydrogen-bond donors (Lipinski definition) is 0. The second-order valence-corrected chi connectivity index (χ2v) is 5.80. The minimum absolute atomic E-state index is 0.332. The number of pyridine rings is 1. The van der Waals surface area contributed by atoms with E-state index >= 15 is 0 Å². The lowest BCUT2D eigenvalue weighted by Crippen LogP contribution is -2.20. The third kappa shape index (κ3) is 4.48.